The SMILES string of the molecule is O=C(NCc1cn(-c2ccccc2)nc1-c1ccc(F)cc1)C1(c2cccc(F)c2)CCOCC1. The Balaban J connectivity index is 1.46. The average Bonchev–Trinajstić information content (AvgIpc) is 3.33. The number of carbonyl (C=O) groups is 1. The van der Waals surface area contributed by atoms with Crippen LogP contribution < -0.4 is 5.32 Å². The van der Waals surface area contributed by atoms with E-state index in [0.29, 0.717) is 37.3 Å². The summed E-state index contributed by atoms with van der Waals surface area (Å²) >= 11 is 0. The Bertz CT molecular complexity index is 1310. The molecule has 1 aromatic heterocycles. The molecule has 0 aliphatic carbocycles. The quantitative estimate of drug-likeness (QED) is 0.420. The van der Waals surface area contributed by atoms with Crippen LogP contribution >= 0.6 is 0 Å². The standard InChI is InChI=1S/C28H25F2N3O2/c29-23-11-9-20(10-12-23)26-21(19-33(32-26)25-7-2-1-3-8-25)18-31-27(34)28(13-15-35-16-14-28)22-5-4-6-24(30)17-22/h1-12,17,19H,13-16,18H2,(H,31,34). The molecular formula is C28H25F2N3O2. The van der Waals surface area contributed by atoms with Crippen molar-refractivity contribution in [2.45, 2.75) is 24.8 Å². The van der Waals surface area contributed by atoms with Crippen LogP contribution in [-0.4, -0.2) is 28.9 Å². The van der Waals surface area contributed by atoms with Crippen molar-refractivity contribution >= 4 is 5.91 Å². The van der Waals surface area contributed by atoms with E-state index in [0.717, 1.165) is 16.8 Å². The number of ether oxygens (including phenoxy) is 1. The number of hydrogen-bond donors (Lipinski definition) is 1. The van der Waals surface area contributed by atoms with E-state index < -0.39 is 5.41 Å². The van der Waals surface area contributed by atoms with E-state index in [1.165, 1.54) is 24.3 Å². The Morgan fingerprint density at radius 1 is 0.943 bits per heavy atom. The molecule has 4 aromatic rings. The topological polar surface area (TPSA) is 56.2 Å². The summed E-state index contributed by atoms with van der Waals surface area (Å²) in [6.07, 6.45) is 2.81. The number of rotatable bonds is 6. The highest BCUT2D eigenvalue weighted by Gasteiger charge is 2.41. The van der Waals surface area contributed by atoms with Crippen LogP contribution in [0.1, 0.15) is 24.0 Å². The number of nitrogens with one attached hydrogen (secondary N) is 1. The largest absolute Gasteiger partial charge is 0.381 e. The van der Waals surface area contributed by atoms with Gasteiger partial charge < -0.3 is 10.1 Å². The first-order valence-corrected chi connectivity index (χ1v) is 11.6. The lowest BCUT2D eigenvalue weighted by molar-refractivity contribution is -0.130. The second kappa shape index (κ2) is 9.80. The van der Waals surface area contributed by atoms with E-state index in [-0.39, 0.29) is 24.1 Å². The monoisotopic (exact) mass is 473 g/mol. The van der Waals surface area contributed by atoms with E-state index in [2.05, 4.69) is 5.32 Å². The first-order chi connectivity index (χ1) is 17.0. The fraction of sp³-hybridized carbons (Fsp3) is 0.214. The predicted molar refractivity (Wildman–Crippen MR) is 129 cm³/mol. The van der Waals surface area contributed by atoms with Crippen molar-refractivity contribution in [3.8, 4) is 16.9 Å². The van der Waals surface area contributed by atoms with Gasteiger partial charge in [0, 0.05) is 37.1 Å². The molecule has 1 fully saturated rings. The first-order valence-electron chi connectivity index (χ1n) is 11.6. The number of nitrogens with zero attached hydrogens (tertiary/aromatic N) is 2. The third-order valence-corrected chi connectivity index (χ3v) is 6.53. The molecule has 2 heterocycles. The van der Waals surface area contributed by atoms with Gasteiger partial charge in [-0.2, -0.15) is 5.10 Å². The maximum absolute atomic E-state index is 14.0. The zero-order valence-corrected chi connectivity index (χ0v) is 19.1. The second-order valence-electron chi connectivity index (χ2n) is 8.68. The zero-order valence-electron chi connectivity index (χ0n) is 19.1. The van der Waals surface area contributed by atoms with Crippen molar-refractivity contribution < 1.29 is 18.3 Å². The minimum Gasteiger partial charge on any atom is -0.381 e. The molecule has 0 bridgehead atoms. The molecule has 0 atom stereocenters. The summed E-state index contributed by atoms with van der Waals surface area (Å²) in [6.45, 7) is 1.07. The van der Waals surface area contributed by atoms with E-state index >= 15 is 0 Å². The van der Waals surface area contributed by atoms with Crippen molar-refractivity contribution in [3.63, 3.8) is 0 Å². The van der Waals surface area contributed by atoms with Gasteiger partial charge in [-0.25, -0.2) is 13.5 Å². The van der Waals surface area contributed by atoms with Gasteiger partial charge in [0.25, 0.3) is 0 Å². The van der Waals surface area contributed by atoms with Gasteiger partial charge in [-0.05, 0) is 66.9 Å². The van der Waals surface area contributed by atoms with Gasteiger partial charge in [-0.15, -0.1) is 0 Å². The Kier molecular flexibility index (Phi) is 6.42. The summed E-state index contributed by atoms with van der Waals surface area (Å²) in [7, 11) is 0. The molecule has 0 radical (unpaired) electrons. The van der Waals surface area contributed by atoms with Crippen molar-refractivity contribution in [1.82, 2.24) is 15.1 Å². The summed E-state index contributed by atoms with van der Waals surface area (Å²) in [5.41, 5.74) is 2.84. The summed E-state index contributed by atoms with van der Waals surface area (Å²) in [4.78, 5) is 13.6. The van der Waals surface area contributed by atoms with Gasteiger partial charge in [0.1, 0.15) is 11.6 Å². The Morgan fingerprint density at radius 3 is 2.40 bits per heavy atom. The number of halogens is 2. The molecule has 1 amide bonds. The average molecular weight is 474 g/mol. The molecule has 1 saturated heterocycles. The molecular weight excluding hydrogens is 448 g/mol. The van der Waals surface area contributed by atoms with Crippen LogP contribution in [0.3, 0.4) is 0 Å². The molecule has 7 heteroatoms. The van der Waals surface area contributed by atoms with Crippen LogP contribution in [0.2, 0.25) is 0 Å². The summed E-state index contributed by atoms with van der Waals surface area (Å²) in [5.74, 6) is -0.879. The molecule has 1 N–H and O–H groups in total. The lowest BCUT2D eigenvalue weighted by Crippen LogP contribution is -2.47. The van der Waals surface area contributed by atoms with Gasteiger partial charge in [-0.3, -0.25) is 4.79 Å². The Labute approximate surface area is 202 Å². The highest BCUT2D eigenvalue weighted by Crippen LogP contribution is 2.36. The predicted octanol–water partition coefficient (Wildman–Crippen LogP) is 5.18. The lowest BCUT2D eigenvalue weighted by atomic mass is 9.73. The summed E-state index contributed by atoms with van der Waals surface area (Å²) < 4.78 is 34.8. The zero-order chi connectivity index (χ0) is 24.3. The lowest BCUT2D eigenvalue weighted by Gasteiger charge is -2.36. The highest BCUT2D eigenvalue weighted by atomic mass is 19.1. The van der Waals surface area contributed by atoms with Crippen LogP contribution in [0.4, 0.5) is 8.78 Å². The van der Waals surface area contributed by atoms with Crippen molar-refractivity contribution in [1.29, 1.82) is 0 Å². The number of benzene rings is 3. The fourth-order valence-electron chi connectivity index (χ4n) is 4.60. The van der Waals surface area contributed by atoms with Gasteiger partial charge in [0.05, 0.1) is 16.8 Å². The maximum atomic E-state index is 14.0. The van der Waals surface area contributed by atoms with Crippen LogP contribution in [0.15, 0.2) is 85.1 Å². The van der Waals surface area contributed by atoms with Gasteiger partial charge in [0.15, 0.2) is 0 Å². The van der Waals surface area contributed by atoms with Crippen molar-refractivity contribution in [3.05, 3.63) is 108 Å². The second-order valence-corrected chi connectivity index (χ2v) is 8.68. The highest BCUT2D eigenvalue weighted by molar-refractivity contribution is 5.88. The fourth-order valence-corrected chi connectivity index (χ4v) is 4.60. The Morgan fingerprint density at radius 2 is 1.69 bits per heavy atom. The van der Waals surface area contributed by atoms with E-state index in [1.807, 2.05) is 36.5 Å². The maximum Gasteiger partial charge on any atom is 0.231 e. The molecule has 0 unspecified atom stereocenters. The van der Waals surface area contributed by atoms with Crippen LogP contribution in [-0.2, 0) is 21.5 Å². The molecule has 1 aliphatic rings. The molecule has 1 aliphatic heterocycles. The van der Waals surface area contributed by atoms with Gasteiger partial charge in [0.2, 0.25) is 5.91 Å². The first kappa shape index (κ1) is 22.9. The summed E-state index contributed by atoms with van der Waals surface area (Å²) in [5, 5.41) is 7.80. The number of amides is 1. The normalized spacial score (nSPS) is 15.0. The molecule has 0 saturated carbocycles. The van der Waals surface area contributed by atoms with Gasteiger partial charge >= 0.3 is 0 Å². The van der Waals surface area contributed by atoms with E-state index in [1.54, 1.807) is 28.9 Å². The minimum atomic E-state index is -0.869. The number of aromatic nitrogens is 2. The van der Waals surface area contributed by atoms with E-state index in [4.69, 9.17) is 9.84 Å². The number of para-hydroxylation sites is 1. The van der Waals surface area contributed by atoms with Crippen molar-refractivity contribution in [2.75, 3.05) is 13.2 Å². The molecule has 0 spiro atoms. The van der Waals surface area contributed by atoms with Gasteiger partial charge in [-0.1, -0.05) is 30.3 Å². The van der Waals surface area contributed by atoms with E-state index in [9.17, 15) is 13.6 Å². The molecule has 3 aromatic carbocycles. The summed E-state index contributed by atoms with van der Waals surface area (Å²) in [6, 6.07) is 22.0. The Hall–Kier alpha value is -3.84. The molecule has 35 heavy (non-hydrogen) atoms. The van der Waals surface area contributed by atoms with Crippen LogP contribution in [0.25, 0.3) is 16.9 Å². The minimum absolute atomic E-state index is 0.177. The third-order valence-electron chi connectivity index (χ3n) is 6.53. The molecule has 178 valence electrons. The van der Waals surface area contributed by atoms with Crippen LogP contribution in [0.5, 0.6) is 0 Å². The molecule has 5 rings (SSSR count). The number of hydrogen-bond acceptors (Lipinski definition) is 3. The third kappa shape index (κ3) is 4.72. The molecule has 5 nitrogen and oxygen atoms in total. The number of carbonyl (C=O) groups excluding carboxylic acids is 1. The van der Waals surface area contributed by atoms with Crippen molar-refractivity contribution in [2.24, 2.45) is 0 Å². The smallest absolute Gasteiger partial charge is 0.231 e. The van der Waals surface area contributed by atoms with Crippen LogP contribution in [0, 0.1) is 11.6 Å².